The van der Waals surface area contributed by atoms with Crippen LogP contribution in [0.2, 0.25) is 0 Å². The summed E-state index contributed by atoms with van der Waals surface area (Å²) in [5, 5.41) is 21.8. The van der Waals surface area contributed by atoms with E-state index < -0.39 is 22.8 Å². The van der Waals surface area contributed by atoms with Gasteiger partial charge in [-0.05, 0) is 13.0 Å². The largest absolute Gasteiger partial charge is 0.480 e. The molecule has 20 heavy (non-hydrogen) atoms. The predicted octanol–water partition coefficient (Wildman–Crippen LogP) is 0.620. The molecule has 8 heteroatoms. The molecule has 1 aromatic rings. The molecule has 0 aliphatic rings. The molecule has 1 rings (SSSR count). The number of nitro groups is 1. The highest BCUT2D eigenvalue weighted by Crippen LogP contribution is 2.26. The zero-order valence-corrected chi connectivity index (χ0v) is 11.1. The third-order valence-electron chi connectivity index (χ3n) is 2.62. The lowest BCUT2D eigenvalue weighted by Gasteiger charge is -2.19. The summed E-state index contributed by atoms with van der Waals surface area (Å²) < 4.78 is 0. The van der Waals surface area contributed by atoms with Crippen LogP contribution in [0.15, 0.2) is 24.3 Å². The Morgan fingerprint density at radius 2 is 2.05 bits per heavy atom. The predicted molar refractivity (Wildman–Crippen MR) is 71.6 cm³/mol. The van der Waals surface area contributed by atoms with Gasteiger partial charge in [0.2, 0.25) is 5.91 Å². The number of benzene rings is 1. The van der Waals surface area contributed by atoms with Gasteiger partial charge in [-0.2, -0.15) is 0 Å². The first-order chi connectivity index (χ1) is 9.32. The standard InChI is InChI=1S/C12H15N3O5/c1-8(12(17)18)13-11(16)7-14(2)9-5-3-4-6-10(9)15(19)20/h3-6,8H,7H2,1-2H3,(H,13,16)(H,17,18). The number of hydrogen-bond acceptors (Lipinski definition) is 5. The number of anilines is 1. The van der Waals surface area contributed by atoms with Gasteiger partial charge in [-0.1, -0.05) is 12.1 Å². The summed E-state index contributed by atoms with van der Waals surface area (Å²) >= 11 is 0. The summed E-state index contributed by atoms with van der Waals surface area (Å²) in [6, 6.07) is 5.00. The number of amides is 1. The second-order valence-corrected chi connectivity index (χ2v) is 4.23. The highest BCUT2D eigenvalue weighted by atomic mass is 16.6. The molecule has 108 valence electrons. The van der Waals surface area contributed by atoms with Gasteiger partial charge in [-0.25, -0.2) is 0 Å². The van der Waals surface area contributed by atoms with Crippen molar-refractivity contribution in [1.82, 2.24) is 5.32 Å². The SMILES string of the molecule is CC(NC(=O)CN(C)c1ccccc1[N+](=O)[O-])C(=O)O. The number of carbonyl (C=O) groups is 2. The normalized spacial score (nSPS) is 11.5. The maximum atomic E-state index is 11.6. The number of aliphatic carboxylic acids is 1. The Morgan fingerprint density at radius 1 is 1.45 bits per heavy atom. The lowest BCUT2D eigenvalue weighted by molar-refractivity contribution is -0.384. The number of para-hydroxylation sites is 2. The number of nitrogens with one attached hydrogen (secondary N) is 1. The van der Waals surface area contributed by atoms with Crippen LogP contribution in [-0.2, 0) is 9.59 Å². The average Bonchev–Trinajstić information content (AvgIpc) is 2.38. The van der Waals surface area contributed by atoms with Crippen LogP contribution in [0.5, 0.6) is 0 Å². The molecular formula is C12H15N3O5. The Kier molecular flexibility index (Phi) is 5.01. The van der Waals surface area contributed by atoms with Gasteiger partial charge in [0, 0.05) is 13.1 Å². The van der Waals surface area contributed by atoms with Gasteiger partial charge >= 0.3 is 5.97 Å². The van der Waals surface area contributed by atoms with E-state index in [4.69, 9.17) is 5.11 Å². The van der Waals surface area contributed by atoms with Crippen LogP contribution in [0.3, 0.4) is 0 Å². The fourth-order valence-electron chi connectivity index (χ4n) is 1.59. The molecule has 2 N–H and O–H groups in total. The fourth-order valence-corrected chi connectivity index (χ4v) is 1.59. The number of nitro benzene ring substituents is 1. The quantitative estimate of drug-likeness (QED) is 0.583. The highest BCUT2D eigenvalue weighted by molar-refractivity contribution is 5.86. The van der Waals surface area contributed by atoms with Crippen LogP contribution >= 0.6 is 0 Å². The molecule has 1 amide bonds. The molecule has 0 saturated heterocycles. The Balaban J connectivity index is 2.77. The first-order valence-electron chi connectivity index (χ1n) is 5.79. The van der Waals surface area contributed by atoms with Crippen molar-refractivity contribution in [3.8, 4) is 0 Å². The minimum atomic E-state index is -1.15. The molecule has 0 aliphatic heterocycles. The Bertz CT molecular complexity index is 532. The van der Waals surface area contributed by atoms with Gasteiger partial charge in [0.05, 0.1) is 11.5 Å². The number of rotatable bonds is 6. The lowest BCUT2D eigenvalue weighted by Crippen LogP contribution is -2.43. The Hall–Kier alpha value is -2.64. The molecule has 0 bridgehead atoms. The van der Waals surface area contributed by atoms with E-state index in [1.165, 1.54) is 37.1 Å². The topological polar surface area (TPSA) is 113 Å². The van der Waals surface area contributed by atoms with E-state index >= 15 is 0 Å². The van der Waals surface area contributed by atoms with E-state index in [2.05, 4.69) is 5.32 Å². The van der Waals surface area contributed by atoms with Crippen LogP contribution in [0.1, 0.15) is 6.92 Å². The van der Waals surface area contributed by atoms with E-state index in [0.29, 0.717) is 0 Å². The van der Waals surface area contributed by atoms with Gasteiger partial charge in [0.1, 0.15) is 11.7 Å². The molecular weight excluding hydrogens is 266 g/mol. The van der Waals surface area contributed by atoms with Crippen molar-refractivity contribution in [2.45, 2.75) is 13.0 Å². The number of carboxylic acids is 1. The number of likely N-dealkylation sites (N-methyl/N-ethyl adjacent to an activating group) is 1. The molecule has 0 radical (unpaired) electrons. The van der Waals surface area contributed by atoms with Gasteiger partial charge < -0.3 is 15.3 Å². The number of nitrogens with zero attached hydrogens (tertiary/aromatic N) is 2. The summed E-state index contributed by atoms with van der Waals surface area (Å²) in [5.74, 6) is -1.67. The molecule has 0 heterocycles. The van der Waals surface area contributed by atoms with E-state index in [0.717, 1.165) is 0 Å². The Morgan fingerprint density at radius 3 is 2.60 bits per heavy atom. The van der Waals surface area contributed by atoms with Gasteiger partial charge in [-0.3, -0.25) is 19.7 Å². The second-order valence-electron chi connectivity index (χ2n) is 4.23. The van der Waals surface area contributed by atoms with Gasteiger partial charge in [-0.15, -0.1) is 0 Å². The molecule has 0 spiro atoms. The van der Waals surface area contributed by atoms with E-state index in [1.54, 1.807) is 6.07 Å². The maximum Gasteiger partial charge on any atom is 0.325 e. The van der Waals surface area contributed by atoms with Crippen LogP contribution in [0, 0.1) is 10.1 Å². The van der Waals surface area contributed by atoms with Crippen LogP contribution in [0.25, 0.3) is 0 Å². The minimum absolute atomic E-state index is 0.117. The summed E-state index contributed by atoms with van der Waals surface area (Å²) in [6.07, 6.45) is 0. The monoisotopic (exact) mass is 281 g/mol. The molecule has 1 atom stereocenters. The van der Waals surface area contributed by atoms with Crippen molar-refractivity contribution >= 4 is 23.3 Å². The van der Waals surface area contributed by atoms with Crippen LogP contribution < -0.4 is 10.2 Å². The molecule has 1 unspecified atom stereocenters. The first-order valence-corrected chi connectivity index (χ1v) is 5.79. The lowest BCUT2D eigenvalue weighted by atomic mass is 10.2. The summed E-state index contributed by atoms with van der Waals surface area (Å²) in [5.41, 5.74) is 0.171. The van der Waals surface area contributed by atoms with E-state index in [-0.39, 0.29) is 17.9 Å². The van der Waals surface area contributed by atoms with Crippen molar-refractivity contribution < 1.29 is 19.6 Å². The molecule has 0 fully saturated rings. The van der Waals surface area contributed by atoms with Crippen LogP contribution in [-0.4, -0.2) is 41.5 Å². The van der Waals surface area contributed by atoms with Crippen molar-refractivity contribution in [3.63, 3.8) is 0 Å². The maximum absolute atomic E-state index is 11.6. The smallest absolute Gasteiger partial charge is 0.325 e. The molecule has 8 nitrogen and oxygen atoms in total. The molecule has 0 saturated carbocycles. The number of carbonyl (C=O) groups excluding carboxylic acids is 1. The molecule has 0 aliphatic carbocycles. The molecule has 0 aromatic heterocycles. The zero-order valence-electron chi connectivity index (χ0n) is 11.1. The highest BCUT2D eigenvalue weighted by Gasteiger charge is 2.19. The summed E-state index contributed by atoms with van der Waals surface area (Å²) in [4.78, 5) is 34.0. The third kappa shape index (κ3) is 3.94. The van der Waals surface area contributed by atoms with Gasteiger partial charge in [0.25, 0.3) is 5.69 Å². The second kappa shape index (κ2) is 6.50. The Labute approximate surface area is 115 Å². The van der Waals surface area contributed by atoms with E-state index in [9.17, 15) is 19.7 Å². The van der Waals surface area contributed by atoms with Crippen molar-refractivity contribution in [1.29, 1.82) is 0 Å². The van der Waals surface area contributed by atoms with Gasteiger partial charge in [0.15, 0.2) is 0 Å². The van der Waals surface area contributed by atoms with Crippen molar-refractivity contribution in [2.75, 3.05) is 18.5 Å². The first kappa shape index (κ1) is 15.4. The minimum Gasteiger partial charge on any atom is -0.480 e. The fraction of sp³-hybridized carbons (Fsp3) is 0.333. The van der Waals surface area contributed by atoms with Crippen molar-refractivity contribution in [2.24, 2.45) is 0 Å². The summed E-state index contributed by atoms with van der Waals surface area (Å²) in [6.45, 7) is 1.16. The summed E-state index contributed by atoms with van der Waals surface area (Å²) in [7, 11) is 1.52. The van der Waals surface area contributed by atoms with E-state index in [1.807, 2.05) is 0 Å². The number of hydrogen-bond donors (Lipinski definition) is 2. The zero-order chi connectivity index (χ0) is 15.3. The van der Waals surface area contributed by atoms with Crippen molar-refractivity contribution in [3.05, 3.63) is 34.4 Å². The third-order valence-corrected chi connectivity index (χ3v) is 2.62. The van der Waals surface area contributed by atoms with Crippen LogP contribution in [0.4, 0.5) is 11.4 Å². The molecule has 1 aromatic carbocycles. The number of carboxylic acid groups (broad SMARTS) is 1. The average molecular weight is 281 g/mol.